The molecular weight excluding hydrogens is 308 g/mol. The van der Waals surface area contributed by atoms with Crippen LogP contribution >= 0.6 is 11.3 Å². The van der Waals surface area contributed by atoms with Crippen molar-refractivity contribution in [3.63, 3.8) is 0 Å². The molecule has 0 saturated carbocycles. The zero-order valence-corrected chi connectivity index (χ0v) is 13.4. The molecule has 7 heteroatoms. The van der Waals surface area contributed by atoms with Crippen molar-refractivity contribution in [2.24, 2.45) is 0 Å². The number of hydrogen-bond donors (Lipinski definition) is 2. The van der Waals surface area contributed by atoms with Gasteiger partial charge in [0.25, 0.3) is 0 Å². The zero-order valence-electron chi connectivity index (χ0n) is 11.7. The van der Waals surface area contributed by atoms with E-state index in [0.717, 1.165) is 16.3 Å². The van der Waals surface area contributed by atoms with Crippen molar-refractivity contribution >= 4 is 21.4 Å². The third-order valence-electron chi connectivity index (χ3n) is 2.93. The van der Waals surface area contributed by atoms with Gasteiger partial charge >= 0.3 is 0 Å². The number of nitrogens with zero attached hydrogens (tertiary/aromatic N) is 1. The molecule has 0 aliphatic rings. The van der Waals surface area contributed by atoms with E-state index in [0.29, 0.717) is 18.5 Å². The summed E-state index contributed by atoms with van der Waals surface area (Å²) in [6.45, 7) is 2.23. The van der Waals surface area contributed by atoms with Crippen LogP contribution < -0.4 is 4.72 Å². The second kappa shape index (κ2) is 7.13. The largest absolute Gasteiger partial charge is 0.392 e. The van der Waals surface area contributed by atoms with Gasteiger partial charge < -0.3 is 5.11 Å². The van der Waals surface area contributed by atoms with Gasteiger partial charge in [-0.1, -0.05) is 24.3 Å². The number of aliphatic hydroxyl groups excluding tert-OH is 1. The Hall–Kier alpha value is -1.28. The minimum Gasteiger partial charge on any atom is -0.392 e. The van der Waals surface area contributed by atoms with Gasteiger partial charge in [-0.3, -0.25) is 0 Å². The summed E-state index contributed by atoms with van der Waals surface area (Å²) in [5.41, 5.74) is 2.37. The van der Waals surface area contributed by atoms with Crippen LogP contribution in [0.1, 0.15) is 21.8 Å². The highest BCUT2D eigenvalue weighted by atomic mass is 32.2. The van der Waals surface area contributed by atoms with Crippen molar-refractivity contribution < 1.29 is 13.5 Å². The van der Waals surface area contributed by atoms with E-state index in [2.05, 4.69) is 9.71 Å². The molecule has 0 atom stereocenters. The van der Waals surface area contributed by atoms with Crippen LogP contribution in [0.3, 0.4) is 0 Å². The van der Waals surface area contributed by atoms with Crippen LogP contribution in [0.15, 0.2) is 29.6 Å². The van der Waals surface area contributed by atoms with E-state index in [1.165, 1.54) is 0 Å². The number of thiazole rings is 1. The van der Waals surface area contributed by atoms with Crippen LogP contribution in [0.25, 0.3) is 0 Å². The molecule has 1 heterocycles. The molecule has 0 unspecified atom stereocenters. The van der Waals surface area contributed by atoms with Gasteiger partial charge in [0.1, 0.15) is 0 Å². The lowest BCUT2D eigenvalue weighted by Gasteiger charge is -2.06. The number of aryl methyl sites for hydroxylation is 1. The Balaban J connectivity index is 1.86. The summed E-state index contributed by atoms with van der Waals surface area (Å²) in [5.74, 6) is -0.0607. The van der Waals surface area contributed by atoms with Gasteiger partial charge in [-0.2, -0.15) is 0 Å². The molecule has 1 aromatic heterocycles. The maximum atomic E-state index is 12.0. The van der Waals surface area contributed by atoms with Crippen LogP contribution in [0.2, 0.25) is 0 Å². The third kappa shape index (κ3) is 5.20. The summed E-state index contributed by atoms with van der Waals surface area (Å²) in [6, 6.07) is 6.88. The molecule has 1 aromatic carbocycles. The maximum Gasteiger partial charge on any atom is 0.215 e. The number of hydrogen-bond acceptors (Lipinski definition) is 5. The van der Waals surface area contributed by atoms with Crippen LogP contribution in [-0.4, -0.2) is 25.1 Å². The minimum atomic E-state index is -3.35. The number of aliphatic hydroxyl groups is 1. The minimum absolute atomic E-state index is 0.0433. The number of benzene rings is 1. The smallest absolute Gasteiger partial charge is 0.215 e. The average molecular weight is 326 g/mol. The SMILES string of the molecule is Cc1nc(CCNS(=O)(=O)Cc2ccc(CO)cc2)cs1. The molecule has 2 rings (SSSR count). The van der Waals surface area contributed by atoms with E-state index in [1.54, 1.807) is 35.6 Å². The zero-order chi connectivity index (χ0) is 15.3. The predicted molar refractivity (Wildman–Crippen MR) is 83.5 cm³/mol. The Morgan fingerprint density at radius 2 is 1.90 bits per heavy atom. The van der Waals surface area contributed by atoms with Crippen molar-refractivity contribution in [2.75, 3.05) is 6.54 Å². The van der Waals surface area contributed by atoms with E-state index in [9.17, 15) is 8.42 Å². The van der Waals surface area contributed by atoms with Crippen LogP contribution in [0.4, 0.5) is 0 Å². The first-order valence-corrected chi connectivity index (χ1v) is 9.09. The number of nitrogens with one attached hydrogen (secondary N) is 1. The van der Waals surface area contributed by atoms with Gasteiger partial charge in [-0.05, 0) is 18.1 Å². The topological polar surface area (TPSA) is 79.3 Å². The normalized spacial score (nSPS) is 11.7. The molecule has 0 aliphatic heterocycles. The Morgan fingerprint density at radius 1 is 1.24 bits per heavy atom. The molecule has 2 aromatic rings. The van der Waals surface area contributed by atoms with E-state index < -0.39 is 10.0 Å². The molecule has 5 nitrogen and oxygen atoms in total. The molecule has 114 valence electrons. The molecule has 0 amide bonds. The highest BCUT2D eigenvalue weighted by molar-refractivity contribution is 7.88. The Kier molecular flexibility index (Phi) is 5.46. The second-order valence-electron chi connectivity index (χ2n) is 4.74. The molecule has 0 saturated heterocycles. The molecule has 0 bridgehead atoms. The van der Waals surface area contributed by atoms with Crippen LogP contribution in [0, 0.1) is 6.92 Å². The fourth-order valence-electron chi connectivity index (χ4n) is 1.87. The molecule has 2 N–H and O–H groups in total. The van der Waals surface area contributed by atoms with E-state index >= 15 is 0 Å². The number of rotatable bonds is 7. The van der Waals surface area contributed by atoms with Crippen molar-refractivity contribution in [3.8, 4) is 0 Å². The molecule has 0 aliphatic carbocycles. The van der Waals surface area contributed by atoms with Gasteiger partial charge in [0, 0.05) is 18.3 Å². The molecule has 0 fully saturated rings. The maximum absolute atomic E-state index is 12.0. The summed E-state index contributed by atoms with van der Waals surface area (Å²) >= 11 is 1.56. The summed E-state index contributed by atoms with van der Waals surface area (Å²) < 4.78 is 26.5. The van der Waals surface area contributed by atoms with Crippen molar-refractivity contribution in [1.82, 2.24) is 9.71 Å². The standard InChI is InChI=1S/C14H18N2O3S2/c1-11-16-14(9-20-11)6-7-15-21(18,19)10-13-4-2-12(8-17)3-5-13/h2-5,9,15,17H,6-8,10H2,1H3. The lowest BCUT2D eigenvalue weighted by molar-refractivity contribution is 0.282. The quantitative estimate of drug-likeness (QED) is 0.810. The van der Waals surface area contributed by atoms with E-state index in [1.807, 2.05) is 12.3 Å². The van der Waals surface area contributed by atoms with Crippen LogP contribution in [0.5, 0.6) is 0 Å². The molecule has 21 heavy (non-hydrogen) atoms. The monoisotopic (exact) mass is 326 g/mol. The van der Waals surface area contributed by atoms with Gasteiger partial charge in [0.05, 0.1) is 23.1 Å². The molecular formula is C14H18N2O3S2. The predicted octanol–water partition coefficient (Wildman–Crippen LogP) is 1.61. The summed E-state index contributed by atoms with van der Waals surface area (Å²) in [6.07, 6.45) is 0.590. The Bertz CT molecular complexity index is 678. The highest BCUT2D eigenvalue weighted by Gasteiger charge is 2.11. The second-order valence-corrected chi connectivity index (χ2v) is 7.60. The van der Waals surface area contributed by atoms with Gasteiger partial charge in [0.15, 0.2) is 0 Å². The highest BCUT2D eigenvalue weighted by Crippen LogP contribution is 2.09. The first kappa shape index (κ1) is 16.1. The third-order valence-corrected chi connectivity index (χ3v) is 5.11. The van der Waals surface area contributed by atoms with Crippen molar-refractivity contribution in [3.05, 3.63) is 51.5 Å². The van der Waals surface area contributed by atoms with Gasteiger partial charge in [-0.15, -0.1) is 11.3 Å². The van der Waals surface area contributed by atoms with Crippen molar-refractivity contribution in [2.45, 2.75) is 25.7 Å². The molecule has 0 spiro atoms. The van der Waals surface area contributed by atoms with E-state index in [-0.39, 0.29) is 12.4 Å². The number of aromatic nitrogens is 1. The van der Waals surface area contributed by atoms with Crippen molar-refractivity contribution in [1.29, 1.82) is 0 Å². The van der Waals surface area contributed by atoms with Gasteiger partial charge in [0.2, 0.25) is 10.0 Å². The van der Waals surface area contributed by atoms with Gasteiger partial charge in [-0.25, -0.2) is 18.1 Å². The Labute approximate surface area is 128 Å². The van der Waals surface area contributed by atoms with E-state index in [4.69, 9.17) is 5.11 Å². The van der Waals surface area contributed by atoms with Crippen LogP contribution in [-0.2, 0) is 28.8 Å². The fourth-order valence-corrected chi connectivity index (χ4v) is 3.66. The first-order valence-electron chi connectivity index (χ1n) is 6.55. The lowest BCUT2D eigenvalue weighted by atomic mass is 10.2. The summed E-state index contributed by atoms with van der Waals surface area (Å²) in [5, 5.41) is 11.9. The fraction of sp³-hybridized carbons (Fsp3) is 0.357. The molecule has 0 radical (unpaired) electrons. The first-order chi connectivity index (χ1) is 9.98. The average Bonchev–Trinajstić information content (AvgIpc) is 2.84. The summed E-state index contributed by atoms with van der Waals surface area (Å²) in [4.78, 5) is 4.29. The lowest BCUT2D eigenvalue weighted by Crippen LogP contribution is -2.27. The summed E-state index contributed by atoms with van der Waals surface area (Å²) in [7, 11) is -3.35. The number of sulfonamides is 1. The Morgan fingerprint density at radius 3 is 2.48 bits per heavy atom.